The molecule has 3 rings (SSSR count). The summed E-state index contributed by atoms with van der Waals surface area (Å²) < 4.78 is 5.84. The molecule has 0 saturated heterocycles. The van der Waals surface area contributed by atoms with Gasteiger partial charge in [-0.05, 0) is 60.5 Å². The standard InChI is InChI=1S/C22H22ClNO/c1-2-6-22(17-9-11-18(23)12-10-17)24-19-13-15-21(16-14-19)25-20-7-4-3-5-8-20/h3-5,7-16,22,24H,2,6H2,1H3. The van der Waals surface area contributed by atoms with E-state index in [0.29, 0.717) is 0 Å². The lowest BCUT2D eigenvalue weighted by atomic mass is 10.0. The van der Waals surface area contributed by atoms with E-state index in [1.807, 2.05) is 54.6 Å². The second-order valence-corrected chi connectivity index (χ2v) is 6.41. The van der Waals surface area contributed by atoms with Crippen LogP contribution < -0.4 is 10.1 Å². The predicted molar refractivity (Wildman–Crippen MR) is 106 cm³/mol. The fourth-order valence-corrected chi connectivity index (χ4v) is 2.88. The Balaban J connectivity index is 1.69. The quantitative estimate of drug-likeness (QED) is 0.490. The minimum Gasteiger partial charge on any atom is -0.457 e. The number of hydrogen-bond donors (Lipinski definition) is 1. The SMILES string of the molecule is CCCC(Nc1ccc(Oc2ccccc2)cc1)c1ccc(Cl)cc1. The summed E-state index contributed by atoms with van der Waals surface area (Å²) in [5.74, 6) is 1.67. The van der Waals surface area contributed by atoms with E-state index in [2.05, 4.69) is 36.5 Å². The summed E-state index contributed by atoms with van der Waals surface area (Å²) in [5.41, 5.74) is 2.32. The summed E-state index contributed by atoms with van der Waals surface area (Å²) in [7, 11) is 0. The molecule has 0 bridgehead atoms. The van der Waals surface area contributed by atoms with Gasteiger partial charge in [-0.25, -0.2) is 0 Å². The predicted octanol–water partition coefficient (Wildman–Crippen LogP) is 7.09. The van der Waals surface area contributed by atoms with E-state index < -0.39 is 0 Å². The van der Waals surface area contributed by atoms with E-state index >= 15 is 0 Å². The molecule has 0 fully saturated rings. The van der Waals surface area contributed by atoms with Gasteiger partial charge in [-0.15, -0.1) is 0 Å². The molecule has 0 aliphatic heterocycles. The monoisotopic (exact) mass is 351 g/mol. The van der Waals surface area contributed by atoms with E-state index in [9.17, 15) is 0 Å². The Morgan fingerprint density at radius 3 is 2.12 bits per heavy atom. The highest BCUT2D eigenvalue weighted by atomic mass is 35.5. The smallest absolute Gasteiger partial charge is 0.127 e. The van der Waals surface area contributed by atoms with Crippen LogP contribution in [0.5, 0.6) is 11.5 Å². The first-order chi connectivity index (χ1) is 12.2. The van der Waals surface area contributed by atoms with Crippen LogP contribution in [-0.2, 0) is 0 Å². The van der Waals surface area contributed by atoms with Gasteiger partial charge in [0.15, 0.2) is 0 Å². The fourth-order valence-electron chi connectivity index (χ4n) is 2.75. The maximum Gasteiger partial charge on any atom is 0.127 e. The number of hydrogen-bond acceptors (Lipinski definition) is 2. The molecular weight excluding hydrogens is 330 g/mol. The van der Waals surface area contributed by atoms with Crippen molar-refractivity contribution in [1.82, 2.24) is 0 Å². The third kappa shape index (κ3) is 5.01. The molecule has 0 radical (unpaired) electrons. The Labute approximate surface area is 154 Å². The lowest BCUT2D eigenvalue weighted by Crippen LogP contribution is -2.10. The molecule has 0 aliphatic rings. The Morgan fingerprint density at radius 2 is 1.48 bits per heavy atom. The Bertz CT molecular complexity index is 769. The molecule has 3 aromatic rings. The van der Waals surface area contributed by atoms with Gasteiger partial charge in [-0.3, -0.25) is 0 Å². The van der Waals surface area contributed by atoms with Crippen LogP contribution in [0.25, 0.3) is 0 Å². The summed E-state index contributed by atoms with van der Waals surface area (Å²) in [5, 5.41) is 4.37. The van der Waals surface area contributed by atoms with Gasteiger partial charge >= 0.3 is 0 Å². The maximum absolute atomic E-state index is 6.00. The maximum atomic E-state index is 6.00. The Morgan fingerprint density at radius 1 is 0.840 bits per heavy atom. The van der Waals surface area contributed by atoms with Gasteiger partial charge in [0.1, 0.15) is 11.5 Å². The fraction of sp³-hybridized carbons (Fsp3) is 0.182. The van der Waals surface area contributed by atoms with Crippen molar-refractivity contribution in [3.8, 4) is 11.5 Å². The minimum atomic E-state index is 0.267. The van der Waals surface area contributed by atoms with Crippen molar-refractivity contribution in [1.29, 1.82) is 0 Å². The Kier molecular flexibility index (Phi) is 5.97. The van der Waals surface area contributed by atoms with Crippen LogP contribution in [0.2, 0.25) is 5.02 Å². The largest absolute Gasteiger partial charge is 0.457 e. The minimum absolute atomic E-state index is 0.267. The number of halogens is 1. The van der Waals surface area contributed by atoms with Crippen molar-refractivity contribution >= 4 is 17.3 Å². The van der Waals surface area contributed by atoms with Gasteiger partial charge in [0.25, 0.3) is 0 Å². The zero-order valence-corrected chi connectivity index (χ0v) is 15.0. The zero-order valence-electron chi connectivity index (χ0n) is 14.3. The molecule has 0 aliphatic carbocycles. The molecule has 0 aromatic heterocycles. The second kappa shape index (κ2) is 8.59. The summed E-state index contributed by atoms with van der Waals surface area (Å²) in [6.07, 6.45) is 2.17. The molecule has 3 aromatic carbocycles. The molecule has 1 N–H and O–H groups in total. The van der Waals surface area contributed by atoms with E-state index in [0.717, 1.165) is 35.1 Å². The van der Waals surface area contributed by atoms with Gasteiger partial charge in [0.05, 0.1) is 6.04 Å². The topological polar surface area (TPSA) is 21.3 Å². The molecule has 0 heterocycles. The molecule has 128 valence electrons. The molecule has 0 amide bonds. The average molecular weight is 352 g/mol. The van der Waals surface area contributed by atoms with Crippen molar-refractivity contribution in [3.05, 3.63) is 89.4 Å². The van der Waals surface area contributed by atoms with E-state index in [1.54, 1.807) is 0 Å². The molecule has 1 atom stereocenters. The van der Waals surface area contributed by atoms with Crippen LogP contribution in [0.1, 0.15) is 31.4 Å². The number of para-hydroxylation sites is 1. The van der Waals surface area contributed by atoms with Crippen LogP contribution >= 0.6 is 11.6 Å². The lowest BCUT2D eigenvalue weighted by Gasteiger charge is -2.20. The number of ether oxygens (including phenoxy) is 1. The molecular formula is C22H22ClNO. The number of anilines is 1. The summed E-state index contributed by atoms with van der Waals surface area (Å²) in [6.45, 7) is 2.20. The van der Waals surface area contributed by atoms with Gasteiger partial charge < -0.3 is 10.1 Å². The lowest BCUT2D eigenvalue weighted by molar-refractivity contribution is 0.483. The summed E-state index contributed by atoms with van der Waals surface area (Å²) in [4.78, 5) is 0. The second-order valence-electron chi connectivity index (χ2n) is 5.98. The highest BCUT2D eigenvalue weighted by Gasteiger charge is 2.10. The van der Waals surface area contributed by atoms with Crippen molar-refractivity contribution in [2.75, 3.05) is 5.32 Å². The van der Waals surface area contributed by atoms with Crippen LogP contribution in [0.15, 0.2) is 78.9 Å². The van der Waals surface area contributed by atoms with E-state index in [4.69, 9.17) is 16.3 Å². The van der Waals surface area contributed by atoms with Crippen molar-refractivity contribution in [2.24, 2.45) is 0 Å². The van der Waals surface area contributed by atoms with Gasteiger partial charge in [0, 0.05) is 10.7 Å². The van der Waals surface area contributed by atoms with Crippen LogP contribution in [0.3, 0.4) is 0 Å². The zero-order chi connectivity index (χ0) is 17.5. The molecule has 0 spiro atoms. The molecule has 2 nitrogen and oxygen atoms in total. The van der Waals surface area contributed by atoms with Crippen LogP contribution in [0.4, 0.5) is 5.69 Å². The van der Waals surface area contributed by atoms with E-state index in [1.165, 1.54) is 5.56 Å². The van der Waals surface area contributed by atoms with Crippen LogP contribution in [-0.4, -0.2) is 0 Å². The highest BCUT2D eigenvalue weighted by molar-refractivity contribution is 6.30. The molecule has 0 saturated carbocycles. The first-order valence-electron chi connectivity index (χ1n) is 8.59. The first kappa shape index (κ1) is 17.4. The molecule has 1 unspecified atom stereocenters. The van der Waals surface area contributed by atoms with Crippen molar-refractivity contribution < 1.29 is 4.74 Å². The first-order valence-corrected chi connectivity index (χ1v) is 8.97. The van der Waals surface area contributed by atoms with Gasteiger partial charge in [0.2, 0.25) is 0 Å². The molecule has 25 heavy (non-hydrogen) atoms. The van der Waals surface area contributed by atoms with Gasteiger partial charge in [-0.2, -0.15) is 0 Å². The highest BCUT2D eigenvalue weighted by Crippen LogP contribution is 2.27. The summed E-state index contributed by atoms with van der Waals surface area (Å²) >= 11 is 6.00. The van der Waals surface area contributed by atoms with Crippen molar-refractivity contribution in [3.63, 3.8) is 0 Å². The van der Waals surface area contributed by atoms with E-state index in [-0.39, 0.29) is 6.04 Å². The third-order valence-corrected chi connectivity index (χ3v) is 4.28. The number of nitrogens with one attached hydrogen (secondary N) is 1. The van der Waals surface area contributed by atoms with Crippen molar-refractivity contribution in [2.45, 2.75) is 25.8 Å². The average Bonchev–Trinajstić information content (AvgIpc) is 2.64. The molecule has 3 heteroatoms. The number of benzene rings is 3. The Hall–Kier alpha value is -2.45. The third-order valence-electron chi connectivity index (χ3n) is 4.02. The van der Waals surface area contributed by atoms with Crippen LogP contribution in [0, 0.1) is 0 Å². The summed E-state index contributed by atoms with van der Waals surface area (Å²) in [6, 6.07) is 26.2. The van der Waals surface area contributed by atoms with Gasteiger partial charge in [-0.1, -0.05) is 55.3 Å². The normalized spacial score (nSPS) is 11.8. The number of rotatable bonds is 7.